The molecule has 7 nitrogen and oxygen atoms in total. The molecule has 0 unspecified atom stereocenters. The maximum Gasteiger partial charge on any atom is 0.417 e. The fraction of sp³-hybridized carbons (Fsp3) is 0.130. The van der Waals surface area contributed by atoms with Gasteiger partial charge in [0.25, 0.3) is 5.56 Å². The van der Waals surface area contributed by atoms with Crippen LogP contribution in [0.4, 0.5) is 13.2 Å². The summed E-state index contributed by atoms with van der Waals surface area (Å²) in [5.41, 5.74) is 1.95. The summed E-state index contributed by atoms with van der Waals surface area (Å²) >= 11 is 0. The van der Waals surface area contributed by atoms with E-state index in [9.17, 15) is 18.0 Å². The SMILES string of the molecule is O=c1c(CCc2ccccn2)c(-c2ccc(C(F)(F)F)cn2)[nH]n1-c1nc2ccccc2[nH]1. The van der Waals surface area contributed by atoms with Crippen molar-refractivity contribution in [3.63, 3.8) is 0 Å². The normalized spacial score (nSPS) is 11.8. The van der Waals surface area contributed by atoms with E-state index in [1.165, 1.54) is 10.7 Å². The average Bonchev–Trinajstić information content (AvgIpc) is 3.38. The van der Waals surface area contributed by atoms with Crippen LogP contribution < -0.4 is 5.56 Å². The Bertz CT molecular complexity index is 1430. The number of hydrogen-bond acceptors (Lipinski definition) is 4. The van der Waals surface area contributed by atoms with E-state index >= 15 is 0 Å². The van der Waals surface area contributed by atoms with Crippen molar-refractivity contribution in [2.75, 3.05) is 0 Å². The lowest BCUT2D eigenvalue weighted by Crippen LogP contribution is -2.19. The first-order valence-electron chi connectivity index (χ1n) is 10.1. The van der Waals surface area contributed by atoms with Crippen molar-refractivity contribution in [2.45, 2.75) is 19.0 Å². The number of aromatic amines is 2. The number of hydrogen-bond donors (Lipinski definition) is 2. The highest BCUT2D eigenvalue weighted by Gasteiger charge is 2.31. The van der Waals surface area contributed by atoms with Gasteiger partial charge in [0, 0.05) is 23.7 Å². The maximum atomic E-state index is 13.3. The maximum absolute atomic E-state index is 13.3. The molecule has 0 aliphatic heterocycles. The van der Waals surface area contributed by atoms with Crippen LogP contribution in [0.1, 0.15) is 16.8 Å². The third-order valence-corrected chi connectivity index (χ3v) is 5.28. The summed E-state index contributed by atoms with van der Waals surface area (Å²) < 4.78 is 40.2. The van der Waals surface area contributed by atoms with Crippen LogP contribution >= 0.6 is 0 Å². The van der Waals surface area contributed by atoms with Crippen LogP contribution in [0.15, 0.2) is 71.8 Å². The van der Waals surface area contributed by atoms with Crippen molar-refractivity contribution in [3.8, 4) is 17.3 Å². The largest absolute Gasteiger partial charge is 0.417 e. The number of pyridine rings is 2. The number of aryl methyl sites for hydroxylation is 1. The highest BCUT2D eigenvalue weighted by atomic mass is 19.4. The molecule has 0 aliphatic carbocycles. The van der Waals surface area contributed by atoms with E-state index < -0.39 is 11.7 Å². The molecule has 0 saturated carbocycles. The number of alkyl halides is 3. The Kier molecular flexibility index (Phi) is 5.04. The molecule has 0 aliphatic rings. The first kappa shape index (κ1) is 20.7. The molecule has 5 aromatic rings. The van der Waals surface area contributed by atoms with Crippen LogP contribution in [-0.4, -0.2) is 29.7 Å². The second-order valence-corrected chi connectivity index (χ2v) is 7.43. The first-order valence-corrected chi connectivity index (χ1v) is 10.1. The van der Waals surface area contributed by atoms with Gasteiger partial charge in [-0.25, -0.2) is 4.98 Å². The Morgan fingerprint density at radius 1 is 0.939 bits per heavy atom. The molecule has 0 saturated heterocycles. The minimum Gasteiger partial charge on any atom is -0.322 e. The number of fused-ring (bicyclic) bond motifs is 1. The standard InChI is InChI=1S/C23H17F3N6O/c24-23(25,26)14-8-11-19(28-13-14)20-16(10-9-15-5-3-4-12-27-15)21(33)32(31-20)22-29-17-6-1-2-7-18(17)30-22/h1-8,11-13,31H,9-10H2,(H,29,30). The second kappa shape index (κ2) is 8.05. The Morgan fingerprint density at radius 2 is 1.76 bits per heavy atom. The van der Waals surface area contributed by atoms with Gasteiger partial charge in [-0.15, -0.1) is 0 Å². The zero-order chi connectivity index (χ0) is 23.0. The van der Waals surface area contributed by atoms with Gasteiger partial charge in [0.2, 0.25) is 5.95 Å². The molecule has 10 heteroatoms. The molecule has 0 fully saturated rings. The van der Waals surface area contributed by atoms with Gasteiger partial charge in [0.1, 0.15) is 0 Å². The van der Waals surface area contributed by atoms with Crippen LogP contribution in [0, 0.1) is 0 Å². The molecule has 166 valence electrons. The van der Waals surface area contributed by atoms with Gasteiger partial charge in [0.15, 0.2) is 0 Å². The van der Waals surface area contributed by atoms with Crippen molar-refractivity contribution in [1.82, 2.24) is 29.7 Å². The smallest absolute Gasteiger partial charge is 0.322 e. The molecule has 0 spiro atoms. The first-order chi connectivity index (χ1) is 15.9. The highest BCUT2D eigenvalue weighted by Crippen LogP contribution is 2.30. The number of nitrogens with zero attached hydrogens (tertiary/aromatic N) is 4. The van der Waals surface area contributed by atoms with Crippen LogP contribution in [0.3, 0.4) is 0 Å². The van der Waals surface area contributed by atoms with Crippen molar-refractivity contribution in [1.29, 1.82) is 0 Å². The minimum atomic E-state index is -4.50. The molecule has 0 atom stereocenters. The fourth-order valence-electron chi connectivity index (χ4n) is 3.62. The van der Waals surface area contributed by atoms with Crippen LogP contribution in [0.25, 0.3) is 28.4 Å². The number of halogens is 3. The Labute approximate surface area is 185 Å². The van der Waals surface area contributed by atoms with Gasteiger partial charge < -0.3 is 4.98 Å². The number of aromatic nitrogens is 6. The van der Waals surface area contributed by atoms with E-state index in [1.807, 2.05) is 36.4 Å². The summed E-state index contributed by atoms with van der Waals surface area (Å²) in [6.45, 7) is 0. The molecule has 33 heavy (non-hydrogen) atoms. The summed E-state index contributed by atoms with van der Waals surface area (Å²) in [7, 11) is 0. The lowest BCUT2D eigenvalue weighted by molar-refractivity contribution is -0.137. The third-order valence-electron chi connectivity index (χ3n) is 5.28. The number of nitrogens with one attached hydrogen (secondary N) is 2. The van der Waals surface area contributed by atoms with Gasteiger partial charge in [-0.3, -0.25) is 19.9 Å². The Morgan fingerprint density at radius 3 is 2.45 bits per heavy atom. The van der Waals surface area contributed by atoms with Crippen LogP contribution in [-0.2, 0) is 19.0 Å². The summed E-state index contributed by atoms with van der Waals surface area (Å²) in [6, 6.07) is 15.0. The highest BCUT2D eigenvalue weighted by molar-refractivity contribution is 5.76. The van der Waals surface area contributed by atoms with Gasteiger partial charge in [-0.2, -0.15) is 17.9 Å². The Hall–Kier alpha value is -4.21. The second-order valence-electron chi connectivity index (χ2n) is 7.43. The molecule has 0 amide bonds. The molecule has 4 aromatic heterocycles. The number of imidazole rings is 1. The molecule has 0 radical (unpaired) electrons. The molecule has 5 rings (SSSR count). The zero-order valence-corrected chi connectivity index (χ0v) is 17.1. The van der Waals surface area contributed by atoms with Crippen molar-refractivity contribution < 1.29 is 13.2 Å². The molecule has 0 bridgehead atoms. The van der Waals surface area contributed by atoms with Crippen molar-refractivity contribution >= 4 is 11.0 Å². The van der Waals surface area contributed by atoms with E-state index in [-0.39, 0.29) is 17.2 Å². The molecular formula is C23H17F3N6O. The monoisotopic (exact) mass is 450 g/mol. The average molecular weight is 450 g/mol. The van der Waals surface area contributed by atoms with Crippen molar-refractivity contribution in [2.24, 2.45) is 0 Å². The van der Waals surface area contributed by atoms with Gasteiger partial charge in [0.05, 0.1) is 28.0 Å². The minimum absolute atomic E-state index is 0.228. The van der Waals surface area contributed by atoms with E-state index in [4.69, 9.17) is 0 Å². The molecule has 4 heterocycles. The quantitative estimate of drug-likeness (QED) is 0.418. The molecule has 2 N–H and O–H groups in total. The zero-order valence-electron chi connectivity index (χ0n) is 17.1. The van der Waals surface area contributed by atoms with Crippen molar-refractivity contribution in [3.05, 3.63) is 94.2 Å². The Balaban J connectivity index is 1.59. The third kappa shape index (κ3) is 4.02. The summed E-state index contributed by atoms with van der Waals surface area (Å²) in [5.74, 6) is 0.276. The van der Waals surface area contributed by atoms with Gasteiger partial charge in [-0.05, 0) is 49.2 Å². The summed E-state index contributed by atoms with van der Waals surface area (Å²) in [5, 5.41) is 2.98. The molecular weight excluding hydrogens is 433 g/mol. The molecule has 1 aromatic carbocycles. The van der Waals surface area contributed by atoms with Gasteiger partial charge in [-0.1, -0.05) is 18.2 Å². The van der Waals surface area contributed by atoms with Crippen LogP contribution in [0.5, 0.6) is 0 Å². The summed E-state index contributed by atoms with van der Waals surface area (Å²) in [4.78, 5) is 29.1. The predicted molar refractivity (Wildman–Crippen MR) is 116 cm³/mol. The number of benzene rings is 1. The number of rotatable bonds is 5. The fourth-order valence-corrected chi connectivity index (χ4v) is 3.62. The predicted octanol–water partition coefficient (Wildman–Crippen LogP) is 4.30. The van der Waals surface area contributed by atoms with E-state index in [0.717, 1.165) is 23.5 Å². The topological polar surface area (TPSA) is 92.2 Å². The van der Waals surface area contributed by atoms with E-state index in [0.29, 0.717) is 29.6 Å². The lowest BCUT2D eigenvalue weighted by atomic mass is 10.1. The summed E-state index contributed by atoms with van der Waals surface area (Å²) in [6.07, 6.45) is -1.29. The number of H-pyrrole nitrogens is 2. The van der Waals surface area contributed by atoms with Crippen LogP contribution in [0.2, 0.25) is 0 Å². The van der Waals surface area contributed by atoms with E-state index in [2.05, 4.69) is 25.0 Å². The van der Waals surface area contributed by atoms with E-state index in [1.54, 1.807) is 12.3 Å². The number of para-hydroxylation sites is 2. The lowest BCUT2D eigenvalue weighted by Gasteiger charge is -2.07. The van der Waals surface area contributed by atoms with Gasteiger partial charge >= 0.3 is 6.18 Å².